The third-order valence-electron chi connectivity index (χ3n) is 5.79. The maximum atomic E-state index is 7.31. The molecule has 3 rings (SSSR count). The molecule has 2 fully saturated rings. The first-order valence-corrected chi connectivity index (χ1v) is 10.5. The molecular weight excluding hydrogens is 336 g/mol. The fourth-order valence-corrected chi connectivity index (χ4v) is 3.71. The van der Waals surface area contributed by atoms with Crippen LogP contribution in [0.25, 0.3) is 0 Å². The van der Waals surface area contributed by atoms with Crippen LogP contribution in [0.2, 0.25) is 0 Å². The molecule has 150 valence electrons. The topological polar surface area (TPSA) is 82.1 Å². The summed E-state index contributed by atoms with van der Waals surface area (Å²) in [6.07, 6.45) is 6.73. The highest BCUT2D eigenvalue weighted by molar-refractivity contribution is 5.76. The van der Waals surface area contributed by atoms with Crippen LogP contribution in [0.1, 0.15) is 76.7 Å². The van der Waals surface area contributed by atoms with Gasteiger partial charge < -0.3 is 10.6 Å². The van der Waals surface area contributed by atoms with E-state index in [2.05, 4.69) is 36.6 Å². The van der Waals surface area contributed by atoms with Gasteiger partial charge in [-0.1, -0.05) is 27.2 Å². The second-order valence-corrected chi connectivity index (χ2v) is 9.16. The lowest BCUT2D eigenvalue weighted by atomic mass is 9.82. The van der Waals surface area contributed by atoms with Crippen molar-refractivity contribution in [1.82, 2.24) is 14.9 Å². The van der Waals surface area contributed by atoms with Crippen molar-refractivity contribution in [2.24, 2.45) is 5.73 Å². The summed E-state index contributed by atoms with van der Waals surface area (Å²) >= 11 is 0. The molecule has 1 saturated heterocycles. The molecule has 0 amide bonds. The molecule has 6 nitrogen and oxygen atoms in total. The Morgan fingerprint density at radius 3 is 2.41 bits per heavy atom. The lowest BCUT2D eigenvalue weighted by Gasteiger charge is -2.36. The van der Waals surface area contributed by atoms with Crippen molar-refractivity contribution in [3.8, 4) is 0 Å². The molecule has 6 heteroatoms. The highest BCUT2D eigenvalue weighted by atomic mass is 15.3. The van der Waals surface area contributed by atoms with E-state index < -0.39 is 0 Å². The van der Waals surface area contributed by atoms with Crippen molar-refractivity contribution in [2.45, 2.75) is 70.6 Å². The number of aromatic nitrogens is 2. The van der Waals surface area contributed by atoms with Crippen LogP contribution in [0.3, 0.4) is 0 Å². The SMILES string of the molecule is CC(C)(C)c1nc(C2CCC2)cc(N2CCN(CCCCC(=N)N)CC2)n1. The number of hydrogen-bond donors (Lipinski definition) is 2. The zero-order valence-corrected chi connectivity index (χ0v) is 17.3. The molecule has 2 heterocycles. The van der Waals surface area contributed by atoms with Gasteiger partial charge in [-0.15, -0.1) is 0 Å². The van der Waals surface area contributed by atoms with Crippen molar-refractivity contribution in [1.29, 1.82) is 5.41 Å². The number of rotatable bonds is 7. The van der Waals surface area contributed by atoms with Gasteiger partial charge in [0, 0.05) is 55.7 Å². The average Bonchev–Trinajstić information content (AvgIpc) is 2.56. The molecule has 0 unspecified atom stereocenters. The first kappa shape index (κ1) is 20.1. The van der Waals surface area contributed by atoms with Gasteiger partial charge in [0.05, 0.1) is 5.84 Å². The highest BCUT2D eigenvalue weighted by Gasteiger charge is 2.27. The van der Waals surface area contributed by atoms with Gasteiger partial charge in [0.2, 0.25) is 0 Å². The molecule has 0 bridgehead atoms. The summed E-state index contributed by atoms with van der Waals surface area (Å²) in [7, 11) is 0. The number of nitrogens with two attached hydrogens (primary N) is 1. The molecule has 1 aliphatic carbocycles. The van der Waals surface area contributed by atoms with Gasteiger partial charge in [-0.3, -0.25) is 10.3 Å². The van der Waals surface area contributed by atoms with Gasteiger partial charge in [0.25, 0.3) is 0 Å². The van der Waals surface area contributed by atoms with Crippen molar-refractivity contribution in [3.05, 3.63) is 17.6 Å². The molecule has 1 aliphatic heterocycles. The molecule has 1 aromatic heterocycles. The normalized spacial score (nSPS) is 19.1. The Morgan fingerprint density at radius 2 is 1.85 bits per heavy atom. The Bertz CT molecular complexity index is 639. The fourth-order valence-electron chi connectivity index (χ4n) is 3.71. The van der Waals surface area contributed by atoms with Crippen LogP contribution in [0, 0.1) is 5.41 Å². The van der Waals surface area contributed by atoms with Crippen LogP contribution in [-0.4, -0.2) is 53.4 Å². The number of anilines is 1. The summed E-state index contributed by atoms with van der Waals surface area (Å²) in [5, 5.41) is 7.31. The first-order valence-electron chi connectivity index (χ1n) is 10.5. The van der Waals surface area contributed by atoms with Crippen LogP contribution in [-0.2, 0) is 5.41 Å². The molecule has 3 N–H and O–H groups in total. The Hall–Kier alpha value is -1.69. The summed E-state index contributed by atoms with van der Waals surface area (Å²) in [4.78, 5) is 14.8. The molecule has 2 aliphatic rings. The van der Waals surface area contributed by atoms with Crippen LogP contribution in [0.4, 0.5) is 5.82 Å². The van der Waals surface area contributed by atoms with Gasteiger partial charge in [-0.05, 0) is 32.2 Å². The number of amidine groups is 1. The molecule has 0 radical (unpaired) electrons. The second kappa shape index (κ2) is 8.55. The van der Waals surface area contributed by atoms with E-state index in [9.17, 15) is 0 Å². The monoisotopic (exact) mass is 372 g/mol. The Balaban J connectivity index is 1.60. The number of piperazine rings is 1. The van der Waals surface area contributed by atoms with Crippen LogP contribution in [0.5, 0.6) is 0 Å². The smallest absolute Gasteiger partial charge is 0.136 e. The van der Waals surface area contributed by atoms with Gasteiger partial charge in [0.15, 0.2) is 0 Å². The van der Waals surface area contributed by atoms with Gasteiger partial charge in [-0.2, -0.15) is 0 Å². The summed E-state index contributed by atoms with van der Waals surface area (Å²) in [6.45, 7) is 11.9. The maximum Gasteiger partial charge on any atom is 0.136 e. The summed E-state index contributed by atoms with van der Waals surface area (Å²) in [6, 6.07) is 2.25. The van der Waals surface area contributed by atoms with Crippen LogP contribution in [0.15, 0.2) is 6.07 Å². The van der Waals surface area contributed by atoms with Crippen LogP contribution >= 0.6 is 0 Å². The highest BCUT2D eigenvalue weighted by Crippen LogP contribution is 2.37. The zero-order valence-electron chi connectivity index (χ0n) is 17.3. The summed E-state index contributed by atoms with van der Waals surface area (Å²) < 4.78 is 0. The number of unbranched alkanes of at least 4 members (excludes halogenated alkanes) is 1. The minimum Gasteiger partial charge on any atom is -0.388 e. The van der Waals surface area contributed by atoms with Crippen molar-refractivity contribution in [3.63, 3.8) is 0 Å². The van der Waals surface area contributed by atoms with E-state index in [-0.39, 0.29) is 5.41 Å². The molecular formula is C21H36N6. The van der Waals surface area contributed by atoms with E-state index in [4.69, 9.17) is 21.1 Å². The summed E-state index contributed by atoms with van der Waals surface area (Å²) in [5.41, 5.74) is 6.67. The van der Waals surface area contributed by atoms with E-state index in [1.165, 1.54) is 25.0 Å². The van der Waals surface area contributed by atoms with E-state index >= 15 is 0 Å². The number of nitrogens with one attached hydrogen (secondary N) is 1. The molecule has 1 aromatic rings. The second-order valence-electron chi connectivity index (χ2n) is 9.16. The lowest BCUT2D eigenvalue weighted by molar-refractivity contribution is 0.252. The van der Waals surface area contributed by atoms with Gasteiger partial charge in [0.1, 0.15) is 11.6 Å². The zero-order chi connectivity index (χ0) is 19.4. The third kappa shape index (κ3) is 5.41. The van der Waals surface area contributed by atoms with E-state index in [1.54, 1.807) is 0 Å². The Labute approximate surface area is 164 Å². The molecule has 0 atom stereocenters. The van der Waals surface area contributed by atoms with Crippen LogP contribution < -0.4 is 10.6 Å². The number of nitrogens with zero attached hydrogens (tertiary/aromatic N) is 4. The average molecular weight is 373 g/mol. The Kier molecular flexibility index (Phi) is 6.35. The lowest BCUT2D eigenvalue weighted by Crippen LogP contribution is -2.47. The maximum absolute atomic E-state index is 7.31. The van der Waals surface area contributed by atoms with Gasteiger partial charge in [-0.25, -0.2) is 9.97 Å². The fraction of sp³-hybridized carbons (Fsp3) is 0.762. The van der Waals surface area contributed by atoms with Crippen molar-refractivity contribution >= 4 is 11.7 Å². The first-order chi connectivity index (χ1) is 12.8. The van der Waals surface area contributed by atoms with E-state index in [0.717, 1.165) is 63.6 Å². The predicted octanol–water partition coefficient (Wildman–Crippen LogP) is 3.27. The minimum atomic E-state index is -0.0208. The molecule has 1 saturated carbocycles. The standard InChI is InChI=1S/C21H36N6/c1-21(2,3)20-24-17(16-7-6-8-16)15-19(25-20)27-13-11-26(12-14-27)10-5-4-9-18(22)23/h15-16H,4-14H2,1-3H3,(H3,22,23). The van der Waals surface area contributed by atoms with E-state index in [0.29, 0.717) is 11.8 Å². The predicted molar refractivity (Wildman–Crippen MR) is 112 cm³/mol. The Morgan fingerprint density at radius 1 is 1.15 bits per heavy atom. The van der Waals surface area contributed by atoms with Gasteiger partial charge >= 0.3 is 0 Å². The molecule has 27 heavy (non-hydrogen) atoms. The third-order valence-corrected chi connectivity index (χ3v) is 5.79. The van der Waals surface area contributed by atoms with Crippen molar-refractivity contribution in [2.75, 3.05) is 37.6 Å². The number of hydrogen-bond acceptors (Lipinski definition) is 5. The minimum absolute atomic E-state index is 0.0208. The summed E-state index contributed by atoms with van der Waals surface area (Å²) in [5.74, 6) is 3.04. The molecule has 0 aromatic carbocycles. The quantitative estimate of drug-likeness (QED) is 0.436. The van der Waals surface area contributed by atoms with E-state index in [1.807, 2.05) is 0 Å². The van der Waals surface area contributed by atoms with Crippen molar-refractivity contribution < 1.29 is 0 Å². The largest absolute Gasteiger partial charge is 0.388 e. The molecule has 0 spiro atoms.